The number of benzene rings is 3. The van der Waals surface area contributed by atoms with E-state index in [9.17, 15) is 4.79 Å². The molecule has 6 nitrogen and oxygen atoms in total. The van der Waals surface area contributed by atoms with E-state index in [1.54, 1.807) is 0 Å². The Morgan fingerprint density at radius 2 is 1.66 bits per heavy atom. The number of aryl methyl sites for hydroxylation is 1. The Morgan fingerprint density at radius 3 is 2.34 bits per heavy atom. The lowest BCUT2D eigenvalue weighted by Gasteiger charge is -2.33. The number of carbonyl (C=O) groups excluding carboxylic acids is 1. The Morgan fingerprint density at radius 1 is 0.969 bits per heavy atom. The van der Waals surface area contributed by atoms with Crippen molar-refractivity contribution in [1.29, 1.82) is 0 Å². The molecular weight excluding hydrogens is 418 g/mol. The van der Waals surface area contributed by atoms with Crippen molar-refractivity contribution < 1.29 is 4.79 Å². The number of nitrogens with zero attached hydrogens (tertiary/aromatic N) is 3. The van der Waals surface area contributed by atoms with Gasteiger partial charge in [0.05, 0.1) is 6.04 Å². The zero-order chi connectivity index (χ0) is 21.9. The molecule has 1 aliphatic heterocycles. The molecule has 2 heterocycles. The molecule has 0 saturated heterocycles. The Labute approximate surface area is 191 Å². The number of thioether (sulfide) groups is 1. The van der Waals surface area contributed by atoms with Gasteiger partial charge in [0.15, 0.2) is 5.82 Å². The molecule has 4 aromatic rings. The van der Waals surface area contributed by atoms with Crippen LogP contribution < -0.4 is 10.7 Å². The van der Waals surface area contributed by atoms with Gasteiger partial charge in [0, 0.05) is 11.3 Å². The van der Waals surface area contributed by atoms with E-state index in [2.05, 4.69) is 27.9 Å². The summed E-state index contributed by atoms with van der Waals surface area (Å²) in [7, 11) is 0. The Bertz CT molecular complexity index is 1210. The third-order valence-corrected chi connectivity index (χ3v) is 6.73. The average molecular weight is 442 g/mol. The topological polar surface area (TPSA) is 71.8 Å². The van der Waals surface area contributed by atoms with Gasteiger partial charge in [0.25, 0.3) is 0 Å². The summed E-state index contributed by atoms with van der Waals surface area (Å²) in [5, 5.41) is 12.1. The lowest BCUT2D eigenvalue weighted by atomic mass is 10.0. The van der Waals surface area contributed by atoms with Crippen LogP contribution in [0.15, 0.2) is 90.1 Å². The monoisotopic (exact) mass is 441 g/mol. The molecule has 32 heavy (non-hydrogen) atoms. The first-order chi connectivity index (χ1) is 15.7. The fourth-order valence-corrected chi connectivity index (χ4v) is 4.86. The highest BCUT2D eigenvalue weighted by Gasteiger charge is 2.38. The fraction of sp³-hybridized carbons (Fsp3) is 0.160. The van der Waals surface area contributed by atoms with Gasteiger partial charge in [0.1, 0.15) is 5.25 Å². The smallest absolute Gasteiger partial charge is 0.240 e. The second-order valence-electron chi connectivity index (χ2n) is 7.60. The highest BCUT2D eigenvalue weighted by Crippen LogP contribution is 2.38. The highest BCUT2D eigenvalue weighted by molar-refractivity contribution is 8.00. The van der Waals surface area contributed by atoms with Crippen LogP contribution in [0.1, 0.15) is 24.1 Å². The Balaban J connectivity index is 1.47. The molecule has 0 spiro atoms. The van der Waals surface area contributed by atoms with E-state index in [1.165, 1.54) is 17.3 Å². The molecule has 160 valence electrons. The van der Waals surface area contributed by atoms with Crippen LogP contribution in [0.2, 0.25) is 0 Å². The average Bonchev–Trinajstić information content (AvgIpc) is 3.28. The quantitative estimate of drug-likeness (QED) is 0.461. The minimum absolute atomic E-state index is 0.0730. The Hall–Kier alpha value is -3.58. The molecule has 2 atom stereocenters. The predicted octanol–water partition coefficient (Wildman–Crippen LogP) is 4.91. The van der Waals surface area contributed by atoms with Crippen LogP contribution in [-0.4, -0.2) is 26.0 Å². The maximum atomic E-state index is 13.4. The van der Waals surface area contributed by atoms with Crippen molar-refractivity contribution in [2.45, 2.75) is 29.8 Å². The van der Waals surface area contributed by atoms with Gasteiger partial charge >= 0.3 is 0 Å². The van der Waals surface area contributed by atoms with Gasteiger partial charge in [-0.1, -0.05) is 91.5 Å². The number of anilines is 1. The van der Waals surface area contributed by atoms with Crippen LogP contribution in [0.25, 0.3) is 11.4 Å². The third-order valence-electron chi connectivity index (χ3n) is 5.52. The number of amides is 1. The molecule has 0 radical (unpaired) electrons. The molecule has 5 rings (SSSR count). The van der Waals surface area contributed by atoms with Gasteiger partial charge in [-0.15, -0.1) is 10.2 Å². The fourth-order valence-electron chi connectivity index (χ4n) is 3.78. The highest BCUT2D eigenvalue weighted by atomic mass is 32.2. The number of carbonyl (C=O) groups is 1. The maximum Gasteiger partial charge on any atom is 0.240 e. The molecule has 2 N–H and O–H groups in total. The zero-order valence-corrected chi connectivity index (χ0v) is 18.4. The minimum atomic E-state index is -0.413. The summed E-state index contributed by atoms with van der Waals surface area (Å²) in [6.07, 6.45) is 0.964. The van der Waals surface area contributed by atoms with Gasteiger partial charge in [-0.2, -0.15) is 0 Å². The van der Waals surface area contributed by atoms with Crippen LogP contribution in [0, 0.1) is 0 Å². The van der Waals surface area contributed by atoms with Crippen molar-refractivity contribution in [2.24, 2.45) is 0 Å². The lowest BCUT2D eigenvalue weighted by Crippen LogP contribution is -2.41. The number of hydrogen-bond acceptors (Lipinski definition) is 5. The van der Waals surface area contributed by atoms with Gasteiger partial charge in [-0.3, -0.25) is 4.79 Å². The van der Waals surface area contributed by atoms with Crippen molar-refractivity contribution in [1.82, 2.24) is 14.9 Å². The van der Waals surface area contributed by atoms with Crippen LogP contribution in [-0.2, 0) is 11.2 Å². The first-order valence-corrected chi connectivity index (χ1v) is 11.5. The molecule has 1 aromatic heterocycles. The van der Waals surface area contributed by atoms with Gasteiger partial charge in [-0.25, -0.2) is 4.68 Å². The van der Waals surface area contributed by atoms with Crippen molar-refractivity contribution in [2.75, 3.05) is 10.7 Å². The molecular formula is C25H23N5OS. The molecule has 0 fully saturated rings. The van der Waals surface area contributed by atoms with Crippen molar-refractivity contribution >= 4 is 23.4 Å². The normalized spacial score (nSPS) is 17.3. The second-order valence-corrected chi connectivity index (χ2v) is 8.71. The SMILES string of the molecule is CCc1ccc(NC(=O)[C@H]2Sc3nnc(-c4ccccc4)n3N[C@@H]2c2ccccc2)cc1. The number of hydrogen-bond donors (Lipinski definition) is 2. The van der Waals surface area contributed by atoms with Gasteiger partial charge in [0.2, 0.25) is 11.1 Å². The molecule has 0 bridgehead atoms. The molecule has 3 aromatic carbocycles. The van der Waals surface area contributed by atoms with Crippen molar-refractivity contribution in [3.8, 4) is 11.4 Å². The summed E-state index contributed by atoms with van der Waals surface area (Å²) in [6.45, 7) is 2.11. The van der Waals surface area contributed by atoms with E-state index >= 15 is 0 Å². The summed E-state index contributed by atoms with van der Waals surface area (Å²) in [5.41, 5.74) is 7.52. The van der Waals surface area contributed by atoms with Crippen LogP contribution >= 0.6 is 11.8 Å². The van der Waals surface area contributed by atoms with E-state index in [4.69, 9.17) is 0 Å². The largest absolute Gasteiger partial charge is 0.325 e. The summed E-state index contributed by atoms with van der Waals surface area (Å²) >= 11 is 1.43. The summed E-state index contributed by atoms with van der Waals surface area (Å²) in [4.78, 5) is 13.4. The molecule has 0 aliphatic carbocycles. The molecule has 0 unspecified atom stereocenters. The molecule has 7 heteroatoms. The van der Waals surface area contributed by atoms with E-state index in [0.29, 0.717) is 5.16 Å². The minimum Gasteiger partial charge on any atom is -0.325 e. The summed E-state index contributed by atoms with van der Waals surface area (Å²) < 4.78 is 1.89. The van der Waals surface area contributed by atoms with Crippen molar-refractivity contribution in [3.63, 3.8) is 0 Å². The van der Waals surface area contributed by atoms with E-state index in [-0.39, 0.29) is 11.9 Å². The first-order valence-electron chi connectivity index (χ1n) is 10.6. The summed E-state index contributed by atoms with van der Waals surface area (Å²) in [6, 6.07) is 27.7. The second kappa shape index (κ2) is 8.88. The van der Waals surface area contributed by atoms with Crippen LogP contribution in [0.5, 0.6) is 0 Å². The predicted molar refractivity (Wildman–Crippen MR) is 128 cm³/mol. The number of rotatable bonds is 5. The number of nitrogens with one attached hydrogen (secondary N) is 2. The van der Waals surface area contributed by atoms with E-state index in [0.717, 1.165) is 29.1 Å². The maximum absolute atomic E-state index is 13.4. The van der Waals surface area contributed by atoms with E-state index < -0.39 is 5.25 Å². The zero-order valence-electron chi connectivity index (χ0n) is 17.6. The number of aromatic nitrogens is 3. The van der Waals surface area contributed by atoms with Gasteiger partial charge < -0.3 is 10.7 Å². The number of fused-ring (bicyclic) bond motifs is 1. The third kappa shape index (κ3) is 3.99. The first kappa shape index (κ1) is 20.3. The summed E-state index contributed by atoms with van der Waals surface area (Å²) in [5.74, 6) is 0.652. The molecule has 1 amide bonds. The van der Waals surface area contributed by atoms with Crippen molar-refractivity contribution in [3.05, 3.63) is 96.1 Å². The lowest BCUT2D eigenvalue weighted by molar-refractivity contribution is -0.116. The molecule has 1 aliphatic rings. The van der Waals surface area contributed by atoms with Gasteiger partial charge in [-0.05, 0) is 29.7 Å². The molecule has 0 saturated carbocycles. The standard InChI is InChI=1S/C25H23N5OS/c1-2-17-13-15-20(16-14-17)26-24(31)22-21(18-9-5-3-6-10-18)29-30-23(27-28-25(30)32-22)19-11-7-4-8-12-19/h3-16,21-22,29H,2H2,1H3,(H,26,31)/t21-,22+/m1/s1. The Kier molecular flexibility index (Phi) is 5.64. The van der Waals surface area contributed by atoms with E-state index in [1.807, 2.05) is 89.6 Å². The van der Waals surface area contributed by atoms with Crippen LogP contribution in [0.3, 0.4) is 0 Å². The van der Waals surface area contributed by atoms with Crippen LogP contribution in [0.4, 0.5) is 5.69 Å².